The lowest BCUT2D eigenvalue weighted by Crippen LogP contribution is -2.45. The number of carboxylic acids is 2. The summed E-state index contributed by atoms with van der Waals surface area (Å²) in [7, 11) is -5.38. The Bertz CT molecular complexity index is 1890. The molecular weight excluding hydrogens is 771 g/mol. The highest BCUT2D eigenvalue weighted by Crippen LogP contribution is 2.54. The molecule has 316 valence electrons. The number of carboxylic acid groups (broad SMARTS) is 2. The molecule has 57 heavy (non-hydrogen) atoms. The number of aromatic amines is 1. The standard InChI is InChI=1S/C37H53N4O15P/c1-22(2)12-15-38-25(19-29(43)44)32(47)54-57(50,55-33(48)26(20-30(45)46)39-16-13-23(3)18-24-10-8-7-9-11-24)51-21-27-31-37(6,56-36(4,5)53-31)34(52-27)41-17-14-28(42)40-35(41)49/h7-11,14,17,22-23,25-27,31,34,38-39H,12-13,15-16,18-21H2,1-6H3,(H,43,44)(H,45,46)(H,40,42,49)/t23?,25-,26-,27+,31+,34+,37+,57?/m0/s1. The maximum absolute atomic E-state index is 14.4. The van der Waals surface area contributed by atoms with Crippen LogP contribution in [0.25, 0.3) is 0 Å². The van der Waals surface area contributed by atoms with Crippen LogP contribution in [0.1, 0.15) is 79.0 Å². The number of hydrogen-bond donors (Lipinski definition) is 5. The fraction of sp³-hybridized carbons (Fsp3) is 0.622. The Labute approximate surface area is 329 Å². The molecule has 1 aromatic heterocycles. The minimum Gasteiger partial charge on any atom is -0.481 e. The molecule has 0 bridgehead atoms. The van der Waals surface area contributed by atoms with Gasteiger partial charge in [-0.15, -0.1) is 0 Å². The minimum absolute atomic E-state index is 0.117. The smallest absolute Gasteiger partial charge is 0.481 e. The van der Waals surface area contributed by atoms with Gasteiger partial charge in [0.05, 0.1) is 19.4 Å². The molecule has 0 spiro atoms. The van der Waals surface area contributed by atoms with Gasteiger partial charge < -0.3 is 44.1 Å². The van der Waals surface area contributed by atoms with Crippen molar-refractivity contribution in [3.63, 3.8) is 0 Å². The fourth-order valence-corrected chi connectivity index (χ4v) is 7.87. The highest BCUT2D eigenvalue weighted by molar-refractivity contribution is 7.49. The summed E-state index contributed by atoms with van der Waals surface area (Å²) in [5.41, 5.74) is -1.83. The average Bonchev–Trinajstić information content (AvgIpc) is 3.50. The van der Waals surface area contributed by atoms with Crippen molar-refractivity contribution in [1.82, 2.24) is 20.2 Å². The molecular formula is C37H53N4O15P. The molecule has 3 heterocycles. The highest BCUT2D eigenvalue weighted by Gasteiger charge is 2.64. The molecule has 0 radical (unpaired) electrons. The van der Waals surface area contributed by atoms with Crippen molar-refractivity contribution < 1.29 is 61.7 Å². The van der Waals surface area contributed by atoms with Gasteiger partial charge in [0.15, 0.2) is 12.0 Å². The largest absolute Gasteiger partial charge is 0.592 e. The molecule has 2 saturated heterocycles. The number of phosphoric acid groups is 1. The van der Waals surface area contributed by atoms with Crippen LogP contribution in [0, 0.1) is 11.8 Å². The van der Waals surface area contributed by atoms with Crippen LogP contribution in [0.3, 0.4) is 0 Å². The molecule has 5 N–H and O–H groups in total. The van der Waals surface area contributed by atoms with Crippen molar-refractivity contribution in [2.24, 2.45) is 11.8 Å². The van der Waals surface area contributed by atoms with E-state index in [1.165, 1.54) is 6.20 Å². The Morgan fingerprint density at radius 1 is 0.912 bits per heavy atom. The van der Waals surface area contributed by atoms with Gasteiger partial charge in [-0.2, -0.15) is 0 Å². The number of aromatic nitrogens is 2. The van der Waals surface area contributed by atoms with Gasteiger partial charge in [0.25, 0.3) is 5.56 Å². The van der Waals surface area contributed by atoms with Gasteiger partial charge in [-0.05, 0) is 70.5 Å². The van der Waals surface area contributed by atoms with Crippen LogP contribution in [0.5, 0.6) is 0 Å². The van der Waals surface area contributed by atoms with Crippen molar-refractivity contribution in [3.05, 3.63) is 69.0 Å². The lowest BCUT2D eigenvalue weighted by Gasteiger charge is -2.30. The summed E-state index contributed by atoms with van der Waals surface area (Å²) in [5.74, 6) is -6.51. The SMILES string of the molecule is CC(C)CCN[C@@H](CC(=O)O)C(=O)OP(=O)(OC[C@H]1O[C@@H](n2ccc(=O)[nH]c2=O)[C@]2(C)OC(C)(C)O[C@H]12)OC(=O)[C@H](CC(=O)O)NCCC(C)Cc1ccccc1. The van der Waals surface area contributed by atoms with Gasteiger partial charge >= 0.3 is 37.4 Å². The van der Waals surface area contributed by atoms with Crippen LogP contribution < -0.4 is 21.9 Å². The third kappa shape index (κ3) is 12.9. The molecule has 8 atom stereocenters. The van der Waals surface area contributed by atoms with E-state index in [0.717, 1.165) is 16.2 Å². The molecule has 2 unspecified atom stereocenters. The number of nitrogens with zero attached hydrogens (tertiary/aromatic N) is 1. The van der Waals surface area contributed by atoms with Gasteiger partial charge in [0.1, 0.15) is 29.9 Å². The lowest BCUT2D eigenvalue weighted by molar-refractivity contribution is -0.218. The third-order valence-electron chi connectivity index (χ3n) is 9.37. The van der Waals surface area contributed by atoms with Gasteiger partial charge in [-0.1, -0.05) is 51.1 Å². The summed E-state index contributed by atoms with van der Waals surface area (Å²) in [4.78, 5) is 77.4. The van der Waals surface area contributed by atoms with E-state index in [4.69, 9.17) is 27.8 Å². The quantitative estimate of drug-likeness (QED) is 0.107. The number of ether oxygens (including phenoxy) is 3. The van der Waals surface area contributed by atoms with E-state index < -0.39 is 104 Å². The number of nitrogens with one attached hydrogen (secondary N) is 3. The second-order valence-corrected chi connectivity index (χ2v) is 16.8. The first kappa shape index (κ1) is 45.5. The number of phosphoric ester groups is 1. The molecule has 19 nitrogen and oxygen atoms in total. The third-order valence-corrected chi connectivity index (χ3v) is 10.6. The summed E-state index contributed by atoms with van der Waals surface area (Å²) in [6, 6.07) is 7.64. The van der Waals surface area contributed by atoms with E-state index in [-0.39, 0.29) is 24.9 Å². The van der Waals surface area contributed by atoms with E-state index in [0.29, 0.717) is 19.3 Å². The Morgan fingerprint density at radius 2 is 1.49 bits per heavy atom. The normalized spacial score (nSPS) is 23.9. The number of rotatable bonds is 22. The lowest BCUT2D eigenvalue weighted by atomic mass is 9.96. The number of hydrogen-bond acceptors (Lipinski definition) is 15. The zero-order valence-corrected chi connectivity index (χ0v) is 33.7. The maximum atomic E-state index is 14.4. The first-order valence-electron chi connectivity index (χ1n) is 18.7. The van der Waals surface area contributed by atoms with E-state index in [1.807, 2.05) is 51.1 Å². The van der Waals surface area contributed by atoms with E-state index in [2.05, 4.69) is 15.6 Å². The van der Waals surface area contributed by atoms with Crippen LogP contribution in [0.15, 0.2) is 52.2 Å². The first-order chi connectivity index (χ1) is 26.7. The molecule has 1 aromatic carbocycles. The Kier molecular flexibility index (Phi) is 15.5. The summed E-state index contributed by atoms with van der Waals surface area (Å²) < 4.78 is 49.8. The minimum atomic E-state index is -5.38. The molecule has 20 heteroatoms. The van der Waals surface area contributed by atoms with Crippen molar-refractivity contribution in [2.75, 3.05) is 19.7 Å². The van der Waals surface area contributed by atoms with Gasteiger partial charge in [-0.3, -0.25) is 28.5 Å². The van der Waals surface area contributed by atoms with Crippen LogP contribution in [-0.4, -0.2) is 99.0 Å². The molecule has 2 aliphatic heterocycles. The van der Waals surface area contributed by atoms with E-state index in [1.54, 1.807) is 20.8 Å². The molecule has 2 aromatic rings. The number of benzene rings is 1. The molecule has 4 rings (SSSR count). The second kappa shape index (κ2) is 19.5. The second-order valence-electron chi connectivity index (χ2n) is 15.3. The zero-order valence-electron chi connectivity index (χ0n) is 32.8. The van der Waals surface area contributed by atoms with Crippen molar-refractivity contribution in [3.8, 4) is 0 Å². The predicted molar refractivity (Wildman–Crippen MR) is 201 cm³/mol. The van der Waals surface area contributed by atoms with Crippen molar-refractivity contribution in [2.45, 2.75) is 116 Å². The molecule has 0 amide bonds. The van der Waals surface area contributed by atoms with E-state index >= 15 is 0 Å². The molecule has 0 aliphatic carbocycles. The fourth-order valence-electron chi connectivity index (χ4n) is 6.70. The van der Waals surface area contributed by atoms with Crippen LogP contribution in [0.2, 0.25) is 0 Å². The number of carbonyl (C=O) groups excluding carboxylic acids is 2. The summed E-state index contributed by atoms with van der Waals surface area (Å²) in [6.07, 6.45) is -2.19. The van der Waals surface area contributed by atoms with Crippen LogP contribution in [0.4, 0.5) is 0 Å². The first-order valence-corrected chi connectivity index (χ1v) is 20.2. The summed E-state index contributed by atoms with van der Waals surface area (Å²) >= 11 is 0. The van der Waals surface area contributed by atoms with Gasteiger partial charge in [0, 0.05) is 12.3 Å². The zero-order chi connectivity index (χ0) is 42.1. The van der Waals surface area contributed by atoms with Gasteiger partial charge in [-0.25, -0.2) is 18.9 Å². The van der Waals surface area contributed by atoms with Crippen LogP contribution in [-0.2, 0) is 57.9 Å². The summed E-state index contributed by atoms with van der Waals surface area (Å²) in [6.45, 7) is 10.1. The van der Waals surface area contributed by atoms with E-state index in [9.17, 15) is 43.5 Å². The maximum Gasteiger partial charge on any atom is 0.592 e. The highest BCUT2D eigenvalue weighted by atomic mass is 31.2. The monoisotopic (exact) mass is 824 g/mol. The number of aliphatic carboxylic acids is 2. The number of carbonyl (C=O) groups is 4. The Balaban J connectivity index is 1.58. The average molecular weight is 825 g/mol. The number of H-pyrrole nitrogens is 1. The predicted octanol–water partition coefficient (Wildman–Crippen LogP) is 2.74. The molecule has 2 fully saturated rings. The van der Waals surface area contributed by atoms with Crippen molar-refractivity contribution in [1.29, 1.82) is 0 Å². The summed E-state index contributed by atoms with van der Waals surface area (Å²) in [5, 5.41) is 24.7. The number of fused-ring (bicyclic) bond motifs is 1. The molecule has 2 aliphatic rings. The topological polar surface area (TPSA) is 260 Å². The Morgan fingerprint density at radius 3 is 2.04 bits per heavy atom. The van der Waals surface area contributed by atoms with Gasteiger partial charge in [0.2, 0.25) is 0 Å². The van der Waals surface area contributed by atoms with Crippen LogP contribution >= 0.6 is 7.82 Å². The van der Waals surface area contributed by atoms with Crippen molar-refractivity contribution >= 4 is 31.7 Å². The Hall–Kier alpha value is -4.23. The molecule has 0 saturated carbocycles.